The van der Waals surface area contributed by atoms with Crippen molar-refractivity contribution in [3.63, 3.8) is 0 Å². The summed E-state index contributed by atoms with van der Waals surface area (Å²) in [7, 11) is -9.01. The Morgan fingerprint density at radius 2 is 1.59 bits per heavy atom. The van der Waals surface area contributed by atoms with Crippen LogP contribution in [0.5, 0.6) is 0 Å². The topological polar surface area (TPSA) is 209 Å². The largest absolute Gasteiger partial charge is 0.476 e. The van der Waals surface area contributed by atoms with Gasteiger partial charge in [0.15, 0.2) is 11.4 Å². The van der Waals surface area contributed by atoms with Gasteiger partial charge in [0.05, 0.1) is 21.2 Å². The van der Waals surface area contributed by atoms with Crippen LogP contribution in [0.3, 0.4) is 0 Å². The van der Waals surface area contributed by atoms with Crippen molar-refractivity contribution in [2.24, 2.45) is 10.2 Å². The van der Waals surface area contributed by atoms with E-state index in [1.54, 1.807) is 0 Å². The number of carbonyl (C=O) groups is 1. The molecule has 4 N–H and O–H groups in total. The van der Waals surface area contributed by atoms with E-state index in [0.717, 1.165) is 35.0 Å². The molecule has 0 unspecified atom stereocenters. The second-order valence-corrected chi connectivity index (χ2v) is 9.19. The molecule has 15 heteroatoms. The number of carboxylic acid groups (broad SMARTS) is 1. The van der Waals surface area contributed by atoms with E-state index in [1.807, 2.05) is 0 Å². The molecule has 0 amide bonds. The Morgan fingerprint density at radius 3 is 2.12 bits per heavy atom. The van der Waals surface area contributed by atoms with Crippen molar-refractivity contribution in [1.82, 2.24) is 9.78 Å². The van der Waals surface area contributed by atoms with Crippen molar-refractivity contribution < 1.29 is 35.8 Å². The molecular formula is C17H14N4O9S2. The molecule has 3 rings (SSSR count). The van der Waals surface area contributed by atoms with Gasteiger partial charge in [-0.15, -0.1) is 5.11 Å². The van der Waals surface area contributed by atoms with E-state index in [2.05, 4.69) is 15.3 Å². The van der Waals surface area contributed by atoms with Gasteiger partial charge in [-0.1, -0.05) is 6.07 Å². The fourth-order valence-corrected chi connectivity index (χ4v) is 3.88. The summed E-state index contributed by atoms with van der Waals surface area (Å²) in [6.45, 7) is 1.44. The highest BCUT2D eigenvalue weighted by molar-refractivity contribution is 7.86. The third-order valence-corrected chi connectivity index (χ3v) is 6.05. The number of aromatic amines is 1. The molecular weight excluding hydrogens is 468 g/mol. The van der Waals surface area contributed by atoms with Crippen LogP contribution in [0.15, 0.2) is 67.3 Å². The van der Waals surface area contributed by atoms with Crippen LogP contribution in [0.25, 0.3) is 5.69 Å². The number of H-pyrrole nitrogens is 1. The van der Waals surface area contributed by atoms with Crippen LogP contribution in [-0.4, -0.2) is 46.8 Å². The maximum absolute atomic E-state index is 12.7. The predicted molar refractivity (Wildman–Crippen MR) is 108 cm³/mol. The molecule has 0 spiro atoms. The number of aryl methyl sites for hydroxylation is 1. The first-order chi connectivity index (χ1) is 14.8. The molecule has 0 aliphatic carbocycles. The Kier molecular flexibility index (Phi) is 5.84. The van der Waals surface area contributed by atoms with Gasteiger partial charge in [0.2, 0.25) is 0 Å². The van der Waals surface area contributed by atoms with Crippen molar-refractivity contribution in [3.8, 4) is 5.69 Å². The first-order valence-electron chi connectivity index (χ1n) is 8.45. The van der Waals surface area contributed by atoms with Crippen LogP contribution < -0.4 is 5.56 Å². The summed E-state index contributed by atoms with van der Waals surface area (Å²) in [5, 5.41) is 19.0. The highest BCUT2D eigenvalue weighted by atomic mass is 32.2. The normalized spacial score (nSPS) is 12.3. The van der Waals surface area contributed by atoms with E-state index in [1.165, 1.54) is 19.1 Å². The molecule has 0 atom stereocenters. The molecule has 168 valence electrons. The van der Waals surface area contributed by atoms with Gasteiger partial charge < -0.3 is 5.11 Å². The van der Waals surface area contributed by atoms with Gasteiger partial charge in [0, 0.05) is 0 Å². The van der Waals surface area contributed by atoms with Crippen LogP contribution in [-0.2, 0) is 20.2 Å². The number of rotatable bonds is 6. The zero-order chi connectivity index (χ0) is 23.8. The summed E-state index contributed by atoms with van der Waals surface area (Å²) in [5.74, 6) is -1.55. The van der Waals surface area contributed by atoms with Gasteiger partial charge in [-0.2, -0.15) is 21.9 Å². The second kappa shape index (κ2) is 8.12. The van der Waals surface area contributed by atoms with Crippen molar-refractivity contribution in [1.29, 1.82) is 0 Å². The van der Waals surface area contributed by atoms with E-state index < -0.39 is 52.9 Å². The Bertz CT molecular complexity index is 1520. The standard InChI is InChI=1S/C17H14N4O9S2/c1-9-2-3-10(8-13(9)32(28,29)30)18-19-14-15(17(23)24)20-21(16(14)22)11-4-6-12(7-5-11)31(25,26)27/h2-8,20H,1H3,(H,23,24)(H,25,26,27)(H,28,29,30). The van der Waals surface area contributed by atoms with Gasteiger partial charge in [-0.05, 0) is 48.9 Å². The number of aromatic nitrogens is 2. The smallest absolute Gasteiger partial charge is 0.356 e. The number of nitrogens with zero attached hydrogens (tertiary/aromatic N) is 3. The monoisotopic (exact) mass is 482 g/mol. The molecule has 1 aromatic heterocycles. The van der Waals surface area contributed by atoms with Crippen LogP contribution in [0, 0.1) is 6.92 Å². The van der Waals surface area contributed by atoms with Gasteiger partial charge in [-0.3, -0.25) is 19.0 Å². The van der Waals surface area contributed by atoms with Gasteiger partial charge >= 0.3 is 5.97 Å². The maximum atomic E-state index is 12.7. The van der Waals surface area contributed by atoms with Gasteiger partial charge in [0.1, 0.15) is 0 Å². The molecule has 0 bridgehead atoms. The van der Waals surface area contributed by atoms with Crippen molar-refractivity contribution in [2.45, 2.75) is 16.7 Å². The van der Waals surface area contributed by atoms with E-state index in [9.17, 15) is 36.1 Å². The summed E-state index contributed by atoms with van der Waals surface area (Å²) in [6.07, 6.45) is 0. The Hall–Kier alpha value is -3.66. The number of hydrogen-bond donors (Lipinski definition) is 4. The van der Waals surface area contributed by atoms with E-state index >= 15 is 0 Å². The number of nitrogens with one attached hydrogen (secondary N) is 1. The molecule has 0 radical (unpaired) electrons. The highest BCUT2D eigenvalue weighted by Crippen LogP contribution is 2.24. The van der Waals surface area contributed by atoms with Crippen LogP contribution in [0.1, 0.15) is 16.1 Å². The number of aromatic carboxylic acids is 1. The minimum Gasteiger partial charge on any atom is -0.476 e. The average molecular weight is 482 g/mol. The summed E-state index contributed by atoms with van der Waals surface area (Å²) < 4.78 is 64.2. The number of carboxylic acids is 1. The van der Waals surface area contributed by atoms with E-state index in [4.69, 9.17) is 4.55 Å². The first-order valence-corrected chi connectivity index (χ1v) is 11.3. The molecule has 2 aromatic carbocycles. The maximum Gasteiger partial charge on any atom is 0.356 e. The molecule has 0 saturated heterocycles. The lowest BCUT2D eigenvalue weighted by Crippen LogP contribution is -2.14. The lowest BCUT2D eigenvalue weighted by Gasteiger charge is -2.02. The molecule has 32 heavy (non-hydrogen) atoms. The second-order valence-electron chi connectivity index (χ2n) is 6.37. The number of azo groups is 1. The van der Waals surface area contributed by atoms with Crippen molar-refractivity contribution in [3.05, 3.63) is 64.1 Å². The summed E-state index contributed by atoms with van der Waals surface area (Å²) in [5.41, 5.74) is -2.02. The third kappa shape index (κ3) is 4.65. The summed E-state index contributed by atoms with van der Waals surface area (Å²) >= 11 is 0. The fraction of sp³-hybridized carbons (Fsp3) is 0.0588. The van der Waals surface area contributed by atoms with E-state index in [0.29, 0.717) is 0 Å². The summed E-state index contributed by atoms with van der Waals surface area (Å²) in [4.78, 5) is 23.4. The van der Waals surface area contributed by atoms with Gasteiger partial charge in [0.25, 0.3) is 25.8 Å². The quantitative estimate of drug-likeness (QED) is 0.299. The molecule has 13 nitrogen and oxygen atoms in total. The first kappa shape index (κ1) is 23.0. The molecule has 3 aromatic rings. The minimum atomic E-state index is -4.54. The minimum absolute atomic E-state index is 0.0374. The lowest BCUT2D eigenvalue weighted by molar-refractivity contribution is 0.0690. The molecule has 0 saturated carbocycles. The third-order valence-electron chi connectivity index (χ3n) is 4.19. The highest BCUT2D eigenvalue weighted by Gasteiger charge is 2.21. The number of hydrogen-bond acceptors (Lipinski definition) is 8. The molecule has 1 heterocycles. The van der Waals surface area contributed by atoms with Crippen molar-refractivity contribution >= 4 is 37.6 Å². The molecule has 0 aliphatic rings. The average Bonchev–Trinajstić information content (AvgIpc) is 3.02. The van der Waals surface area contributed by atoms with Crippen LogP contribution >= 0.6 is 0 Å². The Labute approximate surface area is 180 Å². The lowest BCUT2D eigenvalue weighted by atomic mass is 10.2. The predicted octanol–water partition coefficient (Wildman–Crippen LogP) is 2.08. The zero-order valence-corrected chi connectivity index (χ0v) is 17.6. The molecule has 0 fully saturated rings. The molecule has 0 aliphatic heterocycles. The van der Waals surface area contributed by atoms with Crippen LogP contribution in [0.4, 0.5) is 11.4 Å². The Morgan fingerprint density at radius 1 is 0.969 bits per heavy atom. The fourth-order valence-electron chi connectivity index (χ4n) is 2.66. The van der Waals surface area contributed by atoms with Crippen LogP contribution in [0.2, 0.25) is 0 Å². The number of benzene rings is 2. The van der Waals surface area contributed by atoms with Crippen molar-refractivity contribution in [2.75, 3.05) is 0 Å². The summed E-state index contributed by atoms with van der Waals surface area (Å²) in [6, 6.07) is 7.96. The zero-order valence-electron chi connectivity index (χ0n) is 16.0. The van der Waals surface area contributed by atoms with Gasteiger partial charge in [-0.25, -0.2) is 9.48 Å². The SMILES string of the molecule is Cc1ccc(N=Nc2c(C(=O)O)[nH]n(-c3ccc(S(=O)(=O)O)cc3)c2=O)cc1S(=O)(=O)O. The van der Waals surface area contributed by atoms with E-state index in [-0.39, 0.29) is 16.9 Å². The Balaban J connectivity index is 2.08.